The van der Waals surface area contributed by atoms with Crippen molar-refractivity contribution in [2.45, 2.75) is 31.3 Å². The van der Waals surface area contributed by atoms with Crippen LogP contribution in [0.15, 0.2) is 182 Å². The highest BCUT2D eigenvalue weighted by Crippen LogP contribution is 2.36. The Balaban J connectivity index is 1.05. The van der Waals surface area contributed by atoms with Crippen molar-refractivity contribution in [2.75, 3.05) is 0 Å². The monoisotopic (exact) mass is 749 g/mol. The Morgan fingerprint density at radius 2 is 1.28 bits per heavy atom. The molecular formula is C53H43N5. The third-order valence-corrected chi connectivity index (χ3v) is 12.8. The normalized spacial score (nSPS) is 22.5. The van der Waals surface area contributed by atoms with Crippen LogP contribution in [0.4, 0.5) is 0 Å². The lowest BCUT2D eigenvalue weighted by molar-refractivity contribution is 0.170. The maximum absolute atomic E-state index is 3.97. The first-order chi connectivity index (χ1) is 28.7. The van der Waals surface area contributed by atoms with Gasteiger partial charge >= 0.3 is 0 Å². The molecule has 5 heteroatoms. The summed E-state index contributed by atoms with van der Waals surface area (Å²) in [5, 5.41) is 20.7. The van der Waals surface area contributed by atoms with E-state index in [1.807, 2.05) is 0 Å². The minimum atomic E-state index is -0.0672. The second-order valence-corrected chi connectivity index (χ2v) is 16.2. The lowest BCUT2D eigenvalue weighted by Gasteiger charge is -2.42. The van der Waals surface area contributed by atoms with Crippen LogP contribution in [0.25, 0.3) is 67.0 Å². The number of nitrogens with one attached hydrogen (secondary N) is 3. The second-order valence-electron chi connectivity index (χ2n) is 16.2. The van der Waals surface area contributed by atoms with E-state index in [1.54, 1.807) is 0 Å². The van der Waals surface area contributed by atoms with E-state index in [0.717, 1.165) is 24.2 Å². The van der Waals surface area contributed by atoms with Crippen LogP contribution in [0.3, 0.4) is 0 Å². The molecule has 12 rings (SSSR count). The molecule has 58 heavy (non-hydrogen) atoms. The molecule has 3 heterocycles. The summed E-state index contributed by atoms with van der Waals surface area (Å²) >= 11 is 0. The van der Waals surface area contributed by atoms with E-state index in [4.69, 9.17) is 0 Å². The zero-order valence-corrected chi connectivity index (χ0v) is 32.1. The van der Waals surface area contributed by atoms with Crippen molar-refractivity contribution in [3.63, 3.8) is 0 Å². The lowest BCUT2D eigenvalue weighted by Crippen LogP contribution is -2.61. The summed E-state index contributed by atoms with van der Waals surface area (Å²) in [6, 6.07) is 49.3. The Morgan fingerprint density at radius 1 is 0.517 bits per heavy atom. The average molecular weight is 750 g/mol. The topological polar surface area (TPSA) is 46.0 Å². The van der Waals surface area contributed by atoms with E-state index < -0.39 is 0 Å². The molecule has 8 aromatic rings. The minimum absolute atomic E-state index is 0.00219. The van der Waals surface area contributed by atoms with Crippen LogP contribution in [0.2, 0.25) is 0 Å². The van der Waals surface area contributed by atoms with Crippen molar-refractivity contribution in [2.24, 2.45) is 11.8 Å². The van der Waals surface area contributed by atoms with Gasteiger partial charge in [0.2, 0.25) is 0 Å². The third-order valence-electron chi connectivity index (χ3n) is 12.8. The van der Waals surface area contributed by atoms with Crippen LogP contribution in [0.1, 0.15) is 36.3 Å². The van der Waals surface area contributed by atoms with Gasteiger partial charge in [-0.3, -0.25) is 16.0 Å². The molecule has 3 N–H and O–H groups in total. The Labute approximate surface area is 337 Å². The number of allylic oxidation sites excluding steroid dienone is 7. The molecule has 0 amide bonds. The van der Waals surface area contributed by atoms with Gasteiger partial charge in [-0.1, -0.05) is 140 Å². The minimum Gasteiger partial charge on any atom is -0.309 e. The highest BCUT2D eigenvalue weighted by atomic mass is 15.4. The fraction of sp³-hybridized carbons (Fsp3) is 0.132. The van der Waals surface area contributed by atoms with Gasteiger partial charge in [-0.2, -0.15) is 0 Å². The van der Waals surface area contributed by atoms with Crippen LogP contribution in [0, 0.1) is 11.8 Å². The summed E-state index contributed by atoms with van der Waals surface area (Å²) in [4.78, 5) is 0. The summed E-state index contributed by atoms with van der Waals surface area (Å²) in [5.74, 6) is 0.726. The fourth-order valence-electron chi connectivity index (χ4n) is 9.97. The number of para-hydroxylation sites is 1. The molecule has 3 aliphatic carbocycles. The van der Waals surface area contributed by atoms with Gasteiger partial charge in [-0.05, 0) is 88.9 Å². The van der Waals surface area contributed by atoms with Crippen molar-refractivity contribution in [1.29, 1.82) is 0 Å². The zero-order chi connectivity index (χ0) is 38.2. The third kappa shape index (κ3) is 5.50. The molecule has 5 atom stereocenters. The van der Waals surface area contributed by atoms with Crippen LogP contribution in [0.5, 0.6) is 0 Å². The molecule has 0 saturated carbocycles. The number of benzene rings is 6. The summed E-state index contributed by atoms with van der Waals surface area (Å²) in [6.07, 6.45) is 22.7. The number of hydrogen-bond acceptors (Lipinski definition) is 3. The van der Waals surface area contributed by atoms with Crippen LogP contribution in [-0.2, 0) is 0 Å². The maximum Gasteiger partial charge on any atom is 0.0862 e. The Morgan fingerprint density at radius 3 is 2.16 bits per heavy atom. The number of aromatic nitrogens is 2. The highest BCUT2D eigenvalue weighted by molar-refractivity contribution is 6.13. The first-order valence-electron chi connectivity index (χ1n) is 20.7. The van der Waals surface area contributed by atoms with Gasteiger partial charge in [-0.25, -0.2) is 0 Å². The van der Waals surface area contributed by atoms with Gasteiger partial charge in [-0.15, -0.1) is 0 Å². The smallest absolute Gasteiger partial charge is 0.0862 e. The van der Waals surface area contributed by atoms with E-state index in [0.29, 0.717) is 11.8 Å². The molecule has 1 aliphatic heterocycles. The Bertz CT molecular complexity index is 3190. The van der Waals surface area contributed by atoms with Crippen molar-refractivity contribution >= 4 is 55.6 Å². The molecule has 4 aliphatic rings. The van der Waals surface area contributed by atoms with Gasteiger partial charge in [0.05, 0.1) is 40.4 Å². The molecule has 1 fully saturated rings. The molecule has 5 unspecified atom stereocenters. The maximum atomic E-state index is 3.97. The van der Waals surface area contributed by atoms with Crippen LogP contribution in [-0.4, -0.2) is 15.3 Å². The predicted molar refractivity (Wildman–Crippen MR) is 240 cm³/mol. The largest absolute Gasteiger partial charge is 0.309 e. The van der Waals surface area contributed by atoms with Gasteiger partial charge in [0.1, 0.15) is 0 Å². The number of hydrogen-bond donors (Lipinski definition) is 3. The first kappa shape index (κ1) is 33.6. The molecular weight excluding hydrogens is 707 g/mol. The van der Waals surface area contributed by atoms with Gasteiger partial charge < -0.3 is 9.13 Å². The molecule has 5 nitrogen and oxygen atoms in total. The summed E-state index contributed by atoms with van der Waals surface area (Å²) in [7, 11) is 0. The quantitative estimate of drug-likeness (QED) is 0.164. The first-order valence-corrected chi connectivity index (χ1v) is 20.7. The Kier molecular flexibility index (Phi) is 7.86. The van der Waals surface area contributed by atoms with E-state index in [2.05, 4.69) is 213 Å². The van der Waals surface area contributed by atoms with Crippen molar-refractivity contribution in [3.8, 4) is 11.4 Å². The highest BCUT2D eigenvalue weighted by Gasteiger charge is 2.32. The van der Waals surface area contributed by atoms with Gasteiger partial charge in [0, 0.05) is 44.6 Å². The number of fused-ring (bicyclic) bond motifs is 8. The molecule has 2 aromatic heterocycles. The fourth-order valence-corrected chi connectivity index (χ4v) is 9.97. The summed E-state index contributed by atoms with van der Waals surface area (Å²) < 4.78 is 4.97. The van der Waals surface area contributed by atoms with Crippen molar-refractivity contribution in [1.82, 2.24) is 25.1 Å². The number of rotatable bonds is 5. The van der Waals surface area contributed by atoms with E-state index in [1.165, 1.54) is 70.7 Å². The van der Waals surface area contributed by atoms with Crippen LogP contribution < -0.4 is 26.5 Å². The molecule has 6 aromatic carbocycles. The molecule has 280 valence electrons. The summed E-state index contributed by atoms with van der Waals surface area (Å²) in [5.41, 5.74) is 9.76. The van der Waals surface area contributed by atoms with E-state index in [9.17, 15) is 0 Å². The molecule has 0 bridgehead atoms. The molecule has 0 radical (unpaired) electrons. The zero-order valence-electron chi connectivity index (χ0n) is 32.1. The van der Waals surface area contributed by atoms with E-state index in [-0.39, 0.29) is 18.5 Å². The Hall–Kier alpha value is -6.50. The summed E-state index contributed by atoms with van der Waals surface area (Å²) in [6.45, 7) is 0. The lowest BCUT2D eigenvalue weighted by atomic mass is 9.87. The average Bonchev–Trinajstić information content (AvgIpc) is 3.79. The molecule has 0 spiro atoms. The van der Waals surface area contributed by atoms with Crippen molar-refractivity contribution < 1.29 is 0 Å². The van der Waals surface area contributed by atoms with E-state index >= 15 is 0 Å². The second kappa shape index (κ2) is 13.6. The SMILES string of the molecule is C1=CCC2C=c3c(n(-c4cccc(C5NC(c6ccccc6)NC(C6C=CC=CC6)N5)c4)c4cc(-n5c6ccccc6c6cc7ccccc7cc65)ccc34)=CC2=C1. The standard InChI is InChI=1S/C53H43N5/c1-3-14-34(15-4-1)51-54-52(35-16-5-2-6-17-35)56-53(55-51)40-22-13-23-41(28-40)58-49-32-39-21-10-8-19-37(39)30-46(49)44-27-26-42(33-50(44)58)57-47-25-12-11-24-43(47)45-29-36-18-7-9-20-38(36)31-48(45)57/h1-16,18,20-33,35,37,51-56H,17,19H2. The van der Waals surface area contributed by atoms with Gasteiger partial charge in [0.25, 0.3) is 0 Å². The molecule has 1 saturated heterocycles. The number of nitrogens with zero attached hydrogens (tertiary/aromatic N) is 2. The van der Waals surface area contributed by atoms with Gasteiger partial charge in [0.15, 0.2) is 0 Å². The van der Waals surface area contributed by atoms with Crippen LogP contribution >= 0.6 is 0 Å². The van der Waals surface area contributed by atoms with Crippen molar-refractivity contribution in [3.05, 3.63) is 203 Å². The predicted octanol–water partition coefficient (Wildman–Crippen LogP) is 9.90.